The van der Waals surface area contributed by atoms with Crippen LogP contribution < -0.4 is 10.8 Å². The minimum atomic E-state index is -0.482. The first kappa shape index (κ1) is 22.3. The number of benzene rings is 1. The molecule has 2 N–H and O–H groups in total. The van der Waals surface area contributed by atoms with Gasteiger partial charge in [0, 0.05) is 6.54 Å². The third-order valence-electron chi connectivity index (χ3n) is 4.35. The molecular weight excluding hydrogens is 328 g/mol. The lowest BCUT2D eigenvalue weighted by atomic mass is 9.84. The first-order valence-electron chi connectivity index (χ1n) is 9.45. The Kier molecular flexibility index (Phi) is 9.52. The van der Waals surface area contributed by atoms with E-state index in [-0.39, 0.29) is 23.0 Å². The van der Waals surface area contributed by atoms with Crippen molar-refractivity contribution in [2.45, 2.75) is 66.5 Å². The first-order valence-corrected chi connectivity index (χ1v) is 9.45. The highest BCUT2D eigenvalue weighted by atomic mass is 16.6. The summed E-state index contributed by atoms with van der Waals surface area (Å²) in [5.74, 6) is -0.340. The van der Waals surface area contributed by atoms with E-state index in [4.69, 9.17) is 4.84 Å². The summed E-state index contributed by atoms with van der Waals surface area (Å²) in [6.07, 6.45) is 2.74. The van der Waals surface area contributed by atoms with Crippen molar-refractivity contribution < 1.29 is 14.4 Å². The van der Waals surface area contributed by atoms with Gasteiger partial charge in [0.15, 0.2) is 5.78 Å². The Morgan fingerprint density at radius 2 is 1.81 bits per heavy atom. The molecule has 5 heteroatoms. The molecule has 0 radical (unpaired) electrons. The summed E-state index contributed by atoms with van der Waals surface area (Å²) < 4.78 is 0. The van der Waals surface area contributed by atoms with Gasteiger partial charge in [-0.3, -0.25) is 14.4 Å². The van der Waals surface area contributed by atoms with Crippen LogP contribution in [0.3, 0.4) is 0 Å². The van der Waals surface area contributed by atoms with E-state index in [9.17, 15) is 9.59 Å². The Morgan fingerprint density at radius 3 is 2.35 bits per heavy atom. The lowest BCUT2D eigenvalue weighted by Crippen LogP contribution is -2.51. The molecule has 1 rings (SSSR count). The molecule has 5 nitrogen and oxygen atoms in total. The zero-order valence-corrected chi connectivity index (χ0v) is 16.8. The highest BCUT2D eigenvalue weighted by Gasteiger charge is 2.32. The molecule has 0 aliphatic rings. The summed E-state index contributed by atoms with van der Waals surface area (Å²) >= 11 is 0. The second kappa shape index (κ2) is 11.1. The van der Waals surface area contributed by atoms with Crippen LogP contribution in [0.2, 0.25) is 0 Å². The molecule has 0 fully saturated rings. The third kappa shape index (κ3) is 8.11. The summed E-state index contributed by atoms with van der Waals surface area (Å²) in [6.45, 7) is 10.4. The van der Waals surface area contributed by atoms with Crippen molar-refractivity contribution in [1.29, 1.82) is 0 Å². The smallest absolute Gasteiger partial charge is 0.225 e. The number of carbonyl (C=O) groups is 2. The van der Waals surface area contributed by atoms with Gasteiger partial charge in [0.1, 0.15) is 0 Å². The molecule has 0 unspecified atom stereocenters. The van der Waals surface area contributed by atoms with Crippen molar-refractivity contribution in [1.82, 2.24) is 10.8 Å². The van der Waals surface area contributed by atoms with Crippen molar-refractivity contribution in [2.75, 3.05) is 6.54 Å². The molecule has 1 aromatic rings. The van der Waals surface area contributed by atoms with Gasteiger partial charge in [-0.05, 0) is 24.3 Å². The van der Waals surface area contributed by atoms with Crippen molar-refractivity contribution in [3.05, 3.63) is 35.9 Å². The summed E-state index contributed by atoms with van der Waals surface area (Å²) in [6, 6.07) is 9.38. The van der Waals surface area contributed by atoms with Crippen molar-refractivity contribution in [2.24, 2.45) is 11.3 Å². The van der Waals surface area contributed by atoms with Gasteiger partial charge in [0.2, 0.25) is 5.91 Å². The van der Waals surface area contributed by atoms with E-state index < -0.39 is 6.04 Å². The van der Waals surface area contributed by atoms with E-state index in [1.54, 1.807) is 0 Å². The van der Waals surface area contributed by atoms with Gasteiger partial charge in [-0.15, -0.1) is 0 Å². The number of unbranched alkanes of at least 4 members (excludes halogenated alkanes) is 1. The molecule has 0 aliphatic carbocycles. The molecule has 1 aromatic carbocycles. The number of carbonyl (C=O) groups excluding carboxylic acids is 2. The monoisotopic (exact) mass is 362 g/mol. The number of hydroxylamine groups is 1. The zero-order valence-electron chi connectivity index (χ0n) is 16.8. The SMILES string of the molecule is CCCC[C@H](CNOCc1ccccc1)C(=O)N[C@H](C(C)=O)C(C)(C)C. The minimum absolute atomic E-state index is 0.0200. The fourth-order valence-electron chi connectivity index (χ4n) is 2.83. The van der Waals surface area contributed by atoms with E-state index in [0.717, 1.165) is 24.8 Å². The van der Waals surface area contributed by atoms with Crippen molar-refractivity contribution >= 4 is 11.7 Å². The van der Waals surface area contributed by atoms with E-state index in [0.29, 0.717) is 13.2 Å². The molecule has 2 atom stereocenters. The van der Waals surface area contributed by atoms with Gasteiger partial charge in [-0.2, -0.15) is 0 Å². The van der Waals surface area contributed by atoms with Gasteiger partial charge >= 0.3 is 0 Å². The number of Topliss-reactive ketones (excluding diaryl/α,β-unsaturated/α-hetero) is 1. The van der Waals surface area contributed by atoms with Crippen LogP contribution in [0.4, 0.5) is 0 Å². The maximum Gasteiger partial charge on any atom is 0.225 e. The molecule has 0 spiro atoms. The molecule has 0 aromatic heterocycles. The lowest BCUT2D eigenvalue weighted by Gasteiger charge is -2.31. The van der Waals surface area contributed by atoms with Crippen LogP contribution in [0.15, 0.2) is 30.3 Å². The second-order valence-electron chi connectivity index (χ2n) is 7.88. The maximum absolute atomic E-state index is 12.7. The van der Waals surface area contributed by atoms with Crippen molar-refractivity contribution in [3.8, 4) is 0 Å². The van der Waals surface area contributed by atoms with Crippen LogP contribution in [0.25, 0.3) is 0 Å². The molecule has 0 saturated carbocycles. The Labute approximate surface area is 157 Å². The van der Waals surface area contributed by atoms with Crippen LogP contribution in [-0.4, -0.2) is 24.3 Å². The molecule has 0 saturated heterocycles. The molecule has 0 bridgehead atoms. The topological polar surface area (TPSA) is 67.4 Å². The van der Waals surface area contributed by atoms with E-state index >= 15 is 0 Å². The van der Waals surface area contributed by atoms with E-state index in [1.807, 2.05) is 51.1 Å². The van der Waals surface area contributed by atoms with Crippen LogP contribution in [0, 0.1) is 11.3 Å². The van der Waals surface area contributed by atoms with Crippen LogP contribution in [0.1, 0.15) is 59.4 Å². The van der Waals surface area contributed by atoms with E-state index in [1.165, 1.54) is 6.92 Å². The number of amides is 1. The predicted molar refractivity (Wildman–Crippen MR) is 104 cm³/mol. The molecule has 0 heterocycles. The minimum Gasteiger partial charge on any atom is -0.345 e. The van der Waals surface area contributed by atoms with Gasteiger partial charge in [0.25, 0.3) is 0 Å². The Morgan fingerprint density at radius 1 is 1.15 bits per heavy atom. The summed E-state index contributed by atoms with van der Waals surface area (Å²) in [7, 11) is 0. The fourth-order valence-corrected chi connectivity index (χ4v) is 2.83. The van der Waals surface area contributed by atoms with Gasteiger partial charge < -0.3 is 5.32 Å². The fraction of sp³-hybridized carbons (Fsp3) is 0.619. The van der Waals surface area contributed by atoms with Gasteiger partial charge in [-0.25, -0.2) is 5.48 Å². The highest BCUT2D eigenvalue weighted by Crippen LogP contribution is 2.21. The number of hydrogen-bond acceptors (Lipinski definition) is 4. The quantitative estimate of drug-likeness (QED) is 0.466. The van der Waals surface area contributed by atoms with Crippen LogP contribution in [-0.2, 0) is 21.0 Å². The molecule has 146 valence electrons. The predicted octanol–water partition coefficient (Wildman–Crippen LogP) is 3.63. The van der Waals surface area contributed by atoms with Crippen molar-refractivity contribution in [3.63, 3.8) is 0 Å². The second-order valence-corrected chi connectivity index (χ2v) is 7.88. The zero-order chi connectivity index (χ0) is 19.6. The van der Waals surface area contributed by atoms with Gasteiger partial charge in [0.05, 0.1) is 18.6 Å². The number of nitrogens with one attached hydrogen (secondary N) is 2. The standard InChI is InChI=1S/C21H34N2O3/c1-6-7-13-18(14-22-26-15-17-11-9-8-10-12-17)20(25)23-19(16(2)24)21(3,4)5/h8-12,18-19,22H,6-7,13-15H2,1-5H3,(H,23,25)/t18-,19-/m1/s1. The Balaban J connectivity index is 2.58. The maximum atomic E-state index is 12.7. The number of ketones is 1. The van der Waals surface area contributed by atoms with Crippen LogP contribution in [0.5, 0.6) is 0 Å². The summed E-state index contributed by atoms with van der Waals surface area (Å²) in [5, 5.41) is 2.94. The Hall–Kier alpha value is -1.72. The largest absolute Gasteiger partial charge is 0.345 e. The number of rotatable bonds is 11. The average molecular weight is 363 g/mol. The van der Waals surface area contributed by atoms with Gasteiger partial charge in [-0.1, -0.05) is 70.9 Å². The molecule has 0 aliphatic heterocycles. The Bertz CT molecular complexity index is 552. The number of hydrogen-bond donors (Lipinski definition) is 2. The first-order chi connectivity index (χ1) is 12.3. The highest BCUT2D eigenvalue weighted by molar-refractivity contribution is 5.89. The van der Waals surface area contributed by atoms with Crippen LogP contribution >= 0.6 is 0 Å². The average Bonchev–Trinajstić information content (AvgIpc) is 2.58. The third-order valence-corrected chi connectivity index (χ3v) is 4.35. The molecule has 1 amide bonds. The normalized spacial score (nSPS) is 13.9. The molecule has 26 heavy (non-hydrogen) atoms. The van der Waals surface area contributed by atoms with E-state index in [2.05, 4.69) is 17.7 Å². The lowest BCUT2D eigenvalue weighted by molar-refractivity contribution is -0.132. The summed E-state index contributed by atoms with van der Waals surface area (Å²) in [5.41, 5.74) is 3.68. The summed E-state index contributed by atoms with van der Waals surface area (Å²) in [4.78, 5) is 30.1. The molecular formula is C21H34N2O3.